The summed E-state index contributed by atoms with van der Waals surface area (Å²) >= 11 is 5.96. The summed E-state index contributed by atoms with van der Waals surface area (Å²) in [5.74, 6) is 0.431. The number of esters is 1. The van der Waals surface area contributed by atoms with E-state index in [9.17, 15) is 9.59 Å². The standard InChI is InChI=1S/C15H13ClN2O4/c16-10-3-4-13-12(6-10)18(9-15(20)22-13)8-14(19)17-7-11-2-1-5-21-11/h1-6H,7-9H2,(H,17,19). The van der Waals surface area contributed by atoms with Gasteiger partial charge in [0.25, 0.3) is 0 Å². The van der Waals surface area contributed by atoms with Crippen molar-refractivity contribution >= 4 is 29.2 Å². The molecular formula is C15H13ClN2O4. The molecule has 6 nitrogen and oxygen atoms in total. The van der Waals surface area contributed by atoms with E-state index in [2.05, 4.69) is 5.32 Å². The third-order valence-electron chi connectivity index (χ3n) is 3.18. The number of anilines is 1. The largest absolute Gasteiger partial charge is 0.467 e. The molecule has 0 bridgehead atoms. The van der Waals surface area contributed by atoms with Crippen LogP contribution in [0.1, 0.15) is 5.76 Å². The molecule has 1 amide bonds. The number of nitrogens with one attached hydrogen (secondary N) is 1. The van der Waals surface area contributed by atoms with Crippen molar-refractivity contribution in [3.05, 3.63) is 47.4 Å². The van der Waals surface area contributed by atoms with Gasteiger partial charge in [0, 0.05) is 5.02 Å². The van der Waals surface area contributed by atoms with Crippen molar-refractivity contribution < 1.29 is 18.7 Å². The van der Waals surface area contributed by atoms with Crippen LogP contribution in [0, 0.1) is 0 Å². The van der Waals surface area contributed by atoms with E-state index in [1.54, 1.807) is 41.5 Å². The molecule has 0 atom stereocenters. The predicted octanol–water partition coefficient (Wildman–Crippen LogP) is 1.97. The van der Waals surface area contributed by atoms with Crippen molar-refractivity contribution in [1.29, 1.82) is 0 Å². The number of furan rings is 1. The first-order chi connectivity index (χ1) is 10.6. The molecule has 0 spiro atoms. The molecule has 1 aromatic heterocycles. The number of halogens is 1. The van der Waals surface area contributed by atoms with Gasteiger partial charge in [-0.2, -0.15) is 0 Å². The van der Waals surface area contributed by atoms with Crippen LogP contribution in [0.25, 0.3) is 0 Å². The number of fused-ring (bicyclic) bond motifs is 1. The van der Waals surface area contributed by atoms with E-state index in [1.165, 1.54) is 0 Å². The van der Waals surface area contributed by atoms with Crippen molar-refractivity contribution in [2.75, 3.05) is 18.0 Å². The molecular weight excluding hydrogens is 308 g/mol. The van der Waals surface area contributed by atoms with Crippen molar-refractivity contribution in [3.63, 3.8) is 0 Å². The second-order valence-electron chi connectivity index (χ2n) is 4.80. The maximum atomic E-state index is 12.0. The van der Waals surface area contributed by atoms with Gasteiger partial charge in [0.2, 0.25) is 5.91 Å². The van der Waals surface area contributed by atoms with Crippen LogP contribution in [0.3, 0.4) is 0 Å². The number of carbonyl (C=O) groups excluding carboxylic acids is 2. The zero-order chi connectivity index (χ0) is 15.5. The Hall–Kier alpha value is -2.47. The van der Waals surface area contributed by atoms with Crippen LogP contribution in [0.2, 0.25) is 5.02 Å². The molecule has 1 N–H and O–H groups in total. The van der Waals surface area contributed by atoms with Gasteiger partial charge in [-0.05, 0) is 30.3 Å². The number of rotatable bonds is 4. The minimum Gasteiger partial charge on any atom is -0.467 e. The van der Waals surface area contributed by atoms with E-state index >= 15 is 0 Å². The summed E-state index contributed by atoms with van der Waals surface area (Å²) < 4.78 is 10.3. The SMILES string of the molecule is O=C(CN1CC(=O)Oc2ccc(Cl)cc21)NCc1ccco1. The van der Waals surface area contributed by atoms with Gasteiger partial charge >= 0.3 is 5.97 Å². The molecule has 0 unspecified atom stereocenters. The van der Waals surface area contributed by atoms with Gasteiger partial charge in [-0.25, -0.2) is 4.79 Å². The number of hydrogen-bond donors (Lipinski definition) is 1. The summed E-state index contributed by atoms with van der Waals surface area (Å²) in [5.41, 5.74) is 0.625. The molecule has 0 saturated carbocycles. The Labute approximate surface area is 131 Å². The first-order valence-electron chi connectivity index (χ1n) is 6.66. The van der Waals surface area contributed by atoms with Crippen LogP contribution in [-0.2, 0) is 16.1 Å². The van der Waals surface area contributed by atoms with Crippen molar-refractivity contribution in [1.82, 2.24) is 5.32 Å². The van der Waals surface area contributed by atoms with Gasteiger partial charge in [0.15, 0.2) is 5.75 Å². The Bertz CT molecular complexity index is 700. The maximum absolute atomic E-state index is 12.0. The average Bonchev–Trinajstić information content (AvgIpc) is 2.99. The fourth-order valence-corrected chi connectivity index (χ4v) is 2.36. The smallest absolute Gasteiger partial charge is 0.331 e. The van der Waals surface area contributed by atoms with Crippen LogP contribution in [0.5, 0.6) is 5.75 Å². The van der Waals surface area contributed by atoms with Crippen LogP contribution in [-0.4, -0.2) is 25.0 Å². The Morgan fingerprint density at radius 1 is 1.36 bits per heavy atom. The second kappa shape index (κ2) is 6.11. The van der Waals surface area contributed by atoms with Crippen LogP contribution < -0.4 is 15.0 Å². The van der Waals surface area contributed by atoms with Crippen molar-refractivity contribution in [2.45, 2.75) is 6.54 Å². The Morgan fingerprint density at radius 2 is 2.23 bits per heavy atom. The van der Waals surface area contributed by atoms with Crippen LogP contribution in [0.15, 0.2) is 41.0 Å². The zero-order valence-electron chi connectivity index (χ0n) is 11.5. The molecule has 0 saturated heterocycles. The van der Waals surface area contributed by atoms with Crippen molar-refractivity contribution in [3.8, 4) is 5.75 Å². The number of hydrogen-bond acceptors (Lipinski definition) is 5. The third kappa shape index (κ3) is 3.23. The highest BCUT2D eigenvalue weighted by Crippen LogP contribution is 2.34. The summed E-state index contributed by atoms with van der Waals surface area (Å²) in [4.78, 5) is 25.3. The highest BCUT2D eigenvalue weighted by atomic mass is 35.5. The quantitative estimate of drug-likeness (QED) is 0.689. The molecule has 3 rings (SSSR count). The lowest BCUT2D eigenvalue weighted by atomic mass is 10.2. The molecule has 2 aromatic rings. The number of amides is 1. The van der Waals surface area contributed by atoms with Gasteiger partial charge in [-0.3, -0.25) is 4.79 Å². The van der Waals surface area contributed by atoms with E-state index in [4.69, 9.17) is 20.8 Å². The monoisotopic (exact) mass is 320 g/mol. The van der Waals surface area contributed by atoms with E-state index < -0.39 is 5.97 Å². The number of ether oxygens (including phenoxy) is 1. The second-order valence-corrected chi connectivity index (χ2v) is 5.23. The fourth-order valence-electron chi connectivity index (χ4n) is 2.19. The summed E-state index contributed by atoms with van der Waals surface area (Å²) in [6.07, 6.45) is 1.54. The van der Waals surface area contributed by atoms with Gasteiger partial charge in [0.1, 0.15) is 12.3 Å². The summed E-state index contributed by atoms with van der Waals surface area (Å²) in [6.45, 7) is 0.331. The Kier molecular flexibility index (Phi) is 4.02. The topological polar surface area (TPSA) is 71.8 Å². The van der Waals surface area contributed by atoms with E-state index in [0.29, 0.717) is 28.8 Å². The molecule has 114 valence electrons. The van der Waals surface area contributed by atoms with E-state index in [1.807, 2.05) is 0 Å². The van der Waals surface area contributed by atoms with Gasteiger partial charge in [0.05, 0.1) is 25.0 Å². The third-order valence-corrected chi connectivity index (χ3v) is 3.41. The highest BCUT2D eigenvalue weighted by Gasteiger charge is 2.25. The van der Waals surface area contributed by atoms with E-state index in [0.717, 1.165) is 0 Å². The fraction of sp³-hybridized carbons (Fsp3) is 0.200. The van der Waals surface area contributed by atoms with E-state index in [-0.39, 0.29) is 19.0 Å². The highest BCUT2D eigenvalue weighted by molar-refractivity contribution is 6.31. The predicted molar refractivity (Wildman–Crippen MR) is 79.9 cm³/mol. The minimum atomic E-state index is -0.409. The minimum absolute atomic E-state index is 0.00150. The maximum Gasteiger partial charge on any atom is 0.331 e. The van der Waals surface area contributed by atoms with Crippen LogP contribution >= 0.6 is 11.6 Å². The Morgan fingerprint density at radius 3 is 3.00 bits per heavy atom. The van der Waals surface area contributed by atoms with Crippen LogP contribution in [0.4, 0.5) is 5.69 Å². The number of nitrogens with zero attached hydrogens (tertiary/aromatic N) is 1. The number of carbonyl (C=O) groups is 2. The first-order valence-corrected chi connectivity index (χ1v) is 7.04. The molecule has 22 heavy (non-hydrogen) atoms. The van der Waals surface area contributed by atoms with Gasteiger partial charge in [-0.1, -0.05) is 11.6 Å². The van der Waals surface area contributed by atoms with Gasteiger partial charge in [-0.15, -0.1) is 0 Å². The first kappa shape index (κ1) is 14.5. The molecule has 0 radical (unpaired) electrons. The normalized spacial score (nSPS) is 13.5. The summed E-state index contributed by atoms with van der Waals surface area (Å²) in [6, 6.07) is 8.44. The molecule has 1 aliphatic rings. The molecule has 7 heteroatoms. The average molecular weight is 321 g/mol. The lowest BCUT2D eigenvalue weighted by Crippen LogP contribution is -2.43. The lowest BCUT2D eigenvalue weighted by molar-refractivity contribution is -0.133. The van der Waals surface area contributed by atoms with Crippen molar-refractivity contribution in [2.24, 2.45) is 0 Å². The molecule has 0 aliphatic carbocycles. The summed E-state index contributed by atoms with van der Waals surface area (Å²) in [7, 11) is 0. The summed E-state index contributed by atoms with van der Waals surface area (Å²) in [5, 5.41) is 3.24. The zero-order valence-corrected chi connectivity index (χ0v) is 12.3. The molecule has 1 aromatic carbocycles. The van der Waals surface area contributed by atoms with Gasteiger partial charge < -0.3 is 19.4 Å². The molecule has 1 aliphatic heterocycles. The number of benzene rings is 1. The Balaban J connectivity index is 1.68. The molecule has 2 heterocycles. The lowest BCUT2D eigenvalue weighted by Gasteiger charge is -2.29. The molecule has 0 fully saturated rings.